The smallest absolute Gasteiger partial charge is 0.230 e. The molecular formula is C18H36IN5O2. The summed E-state index contributed by atoms with van der Waals surface area (Å²) in [6, 6.07) is 0.198. The van der Waals surface area contributed by atoms with Crippen LogP contribution >= 0.6 is 24.0 Å². The van der Waals surface area contributed by atoms with Crippen molar-refractivity contribution in [2.45, 2.75) is 58.4 Å². The fraction of sp³-hybridized carbons (Fsp3) is 0.833. The number of hydrogen-bond acceptors (Lipinski definition) is 3. The minimum absolute atomic E-state index is 0. The van der Waals surface area contributed by atoms with Crippen LogP contribution in [-0.4, -0.2) is 62.9 Å². The highest BCUT2D eigenvalue weighted by Gasteiger charge is 2.42. The SMILES string of the molecule is CCC(C)NC(=O)CCNC(=NC)NCC1(C(=O)N(C)C)CCCC1.I. The molecule has 152 valence electrons. The monoisotopic (exact) mass is 481 g/mol. The quantitative estimate of drug-likeness (QED) is 0.280. The van der Waals surface area contributed by atoms with Gasteiger partial charge >= 0.3 is 0 Å². The number of amides is 2. The van der Waals surface area contributed by atoms with Crippen LogP contribution in [0, 0.1) is 5.41 Å². The molecule has 0 bridgehead atoms. The third kappa shape index (κ3) is 7.67. The number of hydrogen-bond donors (Lipinski definition) is 3. The molecule has 2 amide bonds. The Morgan fingerprint density at radius 2 is 1.81 bits per heavy atom. The first kappa shape index (κ1) is 24.9. The van der Waals surface area contributed by atoms with Gasteiger partial charge in [-0.2, -0.15) is 0 Å². The number of carbonyl (C=O) groups is 2. The second kappa shape index (κ2) is 12.3. The maximum atomic E-state index is 12.6. The van der Waals surface area contributed by atoms with E-state index in [1.165, 1.54) is 0 Å². The van der Waals surface area contributed by atoms with E-state index in [2.05, 4.69) is 20.9 Å². The Kier molecular flexibility index (Phi) is 11.8. The summed E-state index contributed by atoms with van der Waals surface area (Å²) >= 11 is 0. The summed E-state index contributed by atoms with van der Waals surface area (Å²) in [5, 5.41) is 9.37. The summed E-state index contributed by atoms with van der Waals surface area (Å²) in [5.74, 6) is 0.849. The average Bonchev–Trinajstić information content (AvgIpc) is 3.06. The largest absolute Gasteiger partial charge is 0.356 e. The van der Waals surface area contributed by atoms with E-state index in [1.807, 2.05) is 27.9 Å². The first-order valence-electron chi connectivity index (χ1n) is 9.30. The van der Waals surface area contributed by atoms with Crippen LogP contribution in [0.5, 0.6) is 0 Å². The summed E-state index contributed by atoms with van der Waals surface area (Å²) in [6.45, 7) is 5.12. The van der Waals surface area contributed by atoms with Crippen molar-refractivity contribution in [1.29, 1.82) is 0 Å². The van der Waals surface area contributed by atoms with Gasteiger partial charge in [0.25, 0.3) is 0 Å². The normalized spacial score (nSPS) is 17.0. The van der Waals surface area contributed by atoms with E-state index in [1.54, 1.807) is 11.9 Å². The van der Waals surface area contributed by atoms with Gasteiger partial charge < -0.3 is 20.9 Å². The zero-order valence-electron chi connectivity index (χ0n) is 16.9. The predicted octanol–water partition coefficient (Wildman–Crippen LogP) is 1.72. The van der Waals surface area contributed by atoms with Crippen molar-refractivity contribution in [1.82, 2.24) is 20.9 Å². The Balaban J connectivity index is 0.00000625. The van der Waals surface area contributed by atoms with Crippen molar-refractivity contribution in [2.75, 3.05) is 34.2 Å². The molecule has 0 heterocycles. The summed E-state index contributed by atoms with van der Waals surface area (Å²) in [4.78, 5) is 30.3. The molecule has 1 unspecified atom stereocenters. The van der Waals surface area contributed by atoms with E-state index in [4.69, 9.17) is 0 Å². The van der Waals surface area contributed by atoms with E-state index >= 15 is 0 Å². The number of aliphatic imine (C=N–C) groups is 1. The van der Waals surface area contributed by atoms with Gasteiger partial charge in [0, 0.05) is 46.7 Å². The summed E-state index contributed by atoms with van der Waals surface area (Å²) < 4.78 is 0. The molecule has 8 heteroatoms. The Morgan fingerprint density at radius 3 is 2.31 bits per heavy atom. The van der Waals surface area contributed by atoms with Gasteiger partial charge in [0.05, 0.1) is 5.41 Å². The Bertz CT molecular complexity index is 476. The molecule has 7 nitrogen and oxygen atoms in total. The molecule has 0 radical (unpaired) electrons. The minimum atomic E-state index is -0.338. The van der Waals surface area contributed by atoms with Crippen LogP contribution in [0.1, 0.15) is 52.4 Å². The molecule has 0 aromatic carbocycles. The highest BCUT2D eigenvalue weighted by Crippen LogP contribution is 2.38. The molecule has 26 heavy (non-hydrogen) atoms. The third-order valence-electron chi connectivity index (χ3n) is 4.90. The van der Waals surface area contributed by atoms with Crippen molar-refractivity contribution in [3.05, 3.63) is 0 Å². The number of guanidine groups is 1. The maximum absolute atomic E-state index is 12.6. The molecule has 0 aliphatic heterocycles. The standard InChI is InChI=1S/C18H35N5O2.HI/c1-6-14(2)22-15(24)9-12-20-17(19-3)21-13-18(10-7-8-11-18)16(25)23(4)5;/h14H,6-13H2,1-5H3,(H,22,24)(H2,19,20,21);1H. The molecular weight excluding hydrogens is 445 g/mol. The van der Waals surface area contributed by atoms with Gasteiger partial charge in [-0.1, -0.05) is 19.8 Å². The van der Waals surface area contributed by atoms with Gasteiger partial charge in [0.15, 0.2) is 5.96 Å². The number of rotatable bonds is 8. The topological polar surface area (TPSA) is 85.8 Å². The van der Waals surface area contributed by atoms with Crippen LogP contribution in [0.4, 0.5) is 0 Å². The molecule has 1 rings (SSSR count). The summed E-state index contributed by atoms with van der Waals surface area (Å²) in [6.07, 6.45) is 5.31. The van der Waals surface area contributed by atoms with E-state index in [0.29, 0.717) is 25.5 Å². The lowest BCUT2D eigenvalue weighted by Crippen LogP contribution is -2.49. The minimum Gasteiger partial charge on any atom is -0.356 e. The Labute approximate surface area is 175 Å². The second-order valence-electron chi connectivity index (χ2n) is 7.17. The van der Waals surface area contributed by atoms with Crippen molar-refractivity contribution in [2.24, 2.45) is 10.4 Å². The fourth-order valence-electron chi connectivity index (χ4n) is 3.21. The lowest BCUT2D eigenvalue weighted by Gasteiger charge is -2.31. The van der Waals surface area contributed by atoms with E-state index in [0.717, 1.165) is 32.1 Å². The van der Waals surface area contributed by atoms with Crippen LogP contribution in [0.25, 0.3) is 0 Å². The van der Waals surface area contributed by atoms with Crippen LogP contribution in [0.15, 0.2) is 4.99 Å². The molecule has 0 aromatic rings. The Hall–Kier alpha value is -1.06. The molecule has 0 spiro atoms. The average molecular weight is 481 g/mol. The molecule has 3 N–H and O–H groups in total. The van der Waals surface area contributed by atoms with Crippen LogP contribution in [0.2, 0.25) is 0 Å². The van der Waals surface area contributed by atoms with E-state index in [9.17, 15) is 9.59 Å². The van der Waals surface area contributed by atoms with E-state index < -0.39 is 0 Å². The number of halogens is 1. The summed E-state index contributed by atoms with van der Waals surface area (Å²) in [7, 11) is 5.32. The van der Waals surface area contributed by atoms with Gasteiger partial charge in [-0.3, -0.25) is 14.6 Å². The molecule has 1 atom stereocenters. The first-order chi connectivity index (χ1) is 11.8. The number of nitrogens with one attached hydrogen (secondary N) is 3. The van der Waals surface area contributed by atoms with Gasteiger partial charge in [-0.15, -0.1) is 24.0 Å². The molecule has 1 aliphatic carbocycles. The fourth-order valence-corrected chi connectivity index (χ4v) is 3.21. The van der Waals surface area contributed by atoms with E-state index in [-0.39, 0.29) is 47.2 Å². The van der Waals surface area contributed by atoms with Crippen LogP contribution < -0.4 is 16.0 Å². The van der Waals surface area contributed by atoms with Crippen LogP contribution in [0.3, 0.4) is 0 Å². The predicted molar refractivity (Wildman–Crippen MR) is 117 cm³/mol. The zero-order valence-corrected chi connectivity index (χ0v) is 19.2. The molecule has 1 fully saturated rings. The van der Waals surface area contributed by atoms with Crippen molar-refractivity contribution >= 4 is 41.8 Å². The first-order valence-corrected chi connectivity index (χ1v) is 9.30. The number of nitrogens with zero attached hydrogens (tertiary/aromatic N) is 2. The summed E-state index contributed by atoms with van der Waals surface area (Å²) in [5.41, 5.74) is -0.338. The van der Waals surface area contributed by atoms with Crippen molar-refractivity contribution in [3.8, 4) is 0 Å². The molecule has 1 saturated carbocycles. The molecule has 0 aromatic heterocycles. The maximum Gasteiger partial charge on any atom is 0.230 e. The third-order valence-corrected chi connectivity index (χ3v) is 4.90. The van der Waals surface area contributed by atoms with Crippen molar-refractivity contribution < 1.29 is 9.59 Å². The zero-order chi connectivity index (χ0) is 18.9. The van der Waals surface area contributed by atoms with Gasteiger partial charge in [-0.05, 0) is 26.2 Å². The van der Waals surface area contributed by atoms with Crippen molar-refractivity contribution in [3.63, 3.8) is 0 Å². The van der Waals surface area contributed by atoms with Gasteiger partial charge in [0.1, 0.15) is 0 Å². The molecule has 0 saturated heterocycles. The number of carbonyl (C=O) groups excluding carboxylic acids is 2. The highest BCUT2D eigenvalue weighted by atomic mass is 127. The Morgan fingerprint density at radius 1 is 1.19 bits per heavy atom. The second-order valence-corrected chi connectivity index (χ2v) is 7.17. The van der Waals surface area contributed by atoms with Gasteiger partial charge in [-0.25, -0.2) is 0 Å². The lowest BCUT2D eigenvalue weighted by atomic mass is 9.84. The lowest BCUT2D eigenvalue weighted by molar-refractivity contribution is -0.138. The van der Waals surface area contributed by atoms with Crippen LogP contribution in [-0.2, 0) is 9.59 Å². The van der Waals surface area contributed by atoms with Gasteiger partial charge in [0.2, 0.25) is 11.8 Å². The highest BCUT2D eigenvalue weighted by molar-refractivity contribution is 14.0. The molecule has 1 aliphatic rings.